The second-order valence-corrected chi connectivity index (χ2v) is 7.71. The minimum Gasteiger partial charge on any atom is -0.286 e. The molecule has 0 radical (unpaired) electrons. The Balaban J connectivity index is 1.56. The zero-order valence-electron chi connectivity index (χ0n) is 14.1. The van der Waals surface area contributed by atoms with Crippen molar-refractivity contribution in [1.29, 1.82) is 0 Å². The van der Waals surface area contributed by atoms with E-state index in [-0.39, 0.29) is 28.2 Å². The largest absolute Gasteiger partial charge is 0.286 e. The maximum Gasteiger partial charge on any atom is 0.286 e. The highest BCUT2D eigenvalue weighted by Gasteiger charge is 2.35. The van der Waals surface area contributed by atoms with Gasteiger partial charge in [-0.15, -0.1) is 0 Å². The van der Waals surface area contributed by atoms with Gasteiger partial charge in [-0.1, -0.05) is 42.1 Å². The third kappa shape index (κ3) is 3.51. The summed E-state index contributed by atoms with van der Waals surface area (Å²) < 4.78 is 0. The molecule has 1 heterocycles. The molecule has 3 amide bonds. The first-order valence-corrected chi connectivity index (χ1v) is 9.49. The standard InChI is InChI=1S/C20H18N2O3S/c23-18-17(26-20(25)21-18)12-13-6-10-16(11-7-13)22(19(24)14-8-9-14)15-4-2-1-3-5-15/h1-7,10-11,14,17H,8-9,12H2,(H,21,23,25). The second kappa shape index (κ2) is 6.96. The van der Waals surface area contributed by atoms with E-state index in [1.165, 1.54) is 0 Å². The minimum atomic E-state index is -0.383. The molecule has 5 nitrogen and oxygen atoms in total. The molecule has 2 aromatic rings. The van der Waals surface area contributed by atoms with Crippen molar-refractivity contribution in [2.24, 2.45) is 5.92 Å². The van der Waals surface area contributed by atoms with E-state index < -0.39 is 0 Å². The number of thioether (sulfide) groups is 1. The van der Waals surface area contributed by atoms with Crippen LogP contribution in [0.15, 0.2) is 54.6 Å². The van der Waals surface area contributed by atoms with Gasteiger partial charge in [0, 0.05) is 17.3 Å². The van der Waals surface area contributed by atoms with Crippen LogP contribution in [0, 0.1) is 5.92 Å². The van der Waals surface area contributed by atoms with Gasteiger partial charge in [-0.2, -0.15) is 0 Å². The predicted molar refractivity (Wildman–Crippen MR) is 101 cm³/mol. The number of benzene rings is 2. The number of carbonyl (C=O) groups excluding carboxylic acids is 3. The van der Waals surface area contributed by atoms with Crippen LogP contribution >= 0.6 is 11.8 Å². The Morgan fingerprint density at radius 2 is 1.65 bits per heavy atom. The lowest BCUT2D eigenvalue weighted by Crippen LogP contribution is -2.27. The quantitative estimate of drug-likeness (QED) is 0.877. The summed E-state index contributed by atoms with van der Waals surface area (Å²) >= 11 is 1.03. The van der Waals surface area contributed by atoms with E-state index in [0.29, 0.717) is 6.42 Å². The third-order valence-electron chi connectivity index (χ3n) is 4.54. The number of para-hydroxylation sites is 1. The topological polar surface area (TPSA) is 66.5 Å². The number of nitrogens with zero attached hydrogens (tertiary/aromatic N) is 1. The molecule has 2 fully saturated rings. The molecule has 0 spiro atoms. The average Bonchev–Trinajstić information content (AvgIpc) is 3.44. The van der Waals surface area contributed by atoms with Crippen molar-refractivity contribution < 1.29 is 14.4 Å². The fraction of sp³-hybridized carbons (Fsp3) is 0.250. The smallest absolute Gasteiger partial charge is 0.286 e. The first-order chi connectivity index (χ1) is 12.6. The van der Waals surface area contributed by atoms with Gasteiger partial charge in [0.25, 0.3) is 5.24 Å². The van der Waals surface area contributed by atoms with Gasteiger partial charge in [0.2, 0.25) is 11.8 Å². The zero-order valence-corrected chi connectivity index (χ0v) is 14.9. The van der Waals surface area contributed by atoms with Crippen molar-refractivity contribution in [2.75, 3.05) is 4.90 Å². The first-order valence-electron chi connectivity index (χ1n) is 8.61. The number of anilines is 2. The molecule has 26 heavy (non-hydrogen) atoms. The van der Waals surface area contributed by atoms with Crippen LogP contribution in [0.1, 0.15) is 18.4 Å². The predicted octanol–water partition coefficient (Wildman–Crippen LogP) is 3.66. The maximum atomic E-state index is 12.8. The highest BCUT2D eigenvalue weighted by Crippen LogP contribution is 2.36. The molecule has 1 saturated heterocycles. The Hall–Kier alpha value is -2.60. The monoisotopic (exact) mass is 366 g/mol. The third-order valence-corrected chi connectivity index (χ3v) is 5.53. The van der Waals surface area contributed by atoms with Crippen molar-refractivity contribution in [3.05, 3.63) is 60.2 Å². The van der Waals surface area contributed by atoms with Gasteiger partial charge in [0.15, 0.2) is 0 Å². The van der Waals surface area contributed by atoms with Crippen LogP contribution in [-0.2, 0) is 16.0 Å². The molecule has 132 valence electrons. The Kier molecular flexibility index (Phi) is 4.51. The molecule has 0 bridgehead atoms. The molecule has 6 heteroatoms. The summed E-state index contributed by atoms with van der Waals surface area (Å²) in [7, 11) is 0. The number of rotatable bonds is 5. The first kappa shape index (κ1) is 16.8. The van der Waals surface area contributed by atoms with E-state index in [1.54, 1.807) is 4.90 Å². The lowest BCUT2D eigenvalue weighted by atomic mass is 10.1. The van der Waals surface area contributed by atoms with Gasteiger partial charge < -0.3 is 0 Å². The number of amides is 3. The summed E-state index contributed by atoms with van der Waals surface area (Å²) in [4.78, 5) is 37.5. The van der Waals surface area contributed by atoms with Crippen molar-refractivity contribution >= 4 is 40.2 Å². The zero-order chi connectivity index (χ0) is 18.1. The van der Waals surface area contributed by atoms with E-state index in [2.05, 4.69) is 5.32 Å². The minimum absolute atomic E-state index is 0.111. The molecule has 1 aliphatic heterocycles. The average molecular weight is 366 g/mol. The molecule has 1 unspecified atom stereocenters. The number of hydrogen-bond acceptors (Lipinski definition) is 4. The van der Waals surface area contributed by atoms with Gasteiger partial charge in [-0.25, -0.2) is 0 Å². The summed E-state index contributed by atoms with van der Waals surface area (Å²) in [5.41, 5.74) is 2.63. The number of hydrogen-bond donors (Lipinski definition) is 1. The Morgan fingerprint density at radius 1 is 1.00 bits per heavy atom. The highest BCUT2D eigenvalue weighted by atomic mass is 32.2. The van der Waals surface area contributed by atoms with Gasteiger partial charge in [-0.3, -0.25) is 24.6 Å². The van der Waals surface area contributed by atoms with Crippen molar-refractivity contribution in [2.45, 2.75) is 24.5 Å². The fourth-order valence-electron chi connectivity index (χ4n) is 3.02. The molecule has 1 N–H and O–H groups in total. The molecule has 0 aromatic heterocycles. The lowest BCUT2D eigenvalue weighted by molar-refractivity contribution is -0.119. The van der Waals surface area contributed by atoms with E-state index in [9.17, 15) is 14.4 Å². The normalized spacial score (nSPS) is 19.3. The summed E-state index contributed by atoms with van der Waals surface area (Å²) in [6, 6.07) is 17.3. The summed E-state index contributed by atoms with van der Waals surface area (Å²) in [5.74, 6) is -0.00125. The van der Waals surface area contributed by atoms with Crippen molar-refractivity contribution in [3.63, 3.8) is 0 Å². The van der Waals surface area contributed by atoms with Crippen LogP contribution in [0.25, 0.3) is 0 Å². The highest BCUT2D eigenvalue weighted by molar-refractivity contribution is 8.15. The Morgan fingerprint density at radius 3 is 2.23 bits per heavy atom. The van der Waals surface area contributed by atoms with Gasteiger partial charge >= 0.3 is 0 Å². The number of imide groups is 1. The second-order valence-electron chi connectivity index (χ2n) is 6.54. The molecule has 1 saturated carbocycles. The summed E-state index contributed by atoms with van der Waals surface area (Å²) in [5, 5.41) is 1.63. The number of carbonyl (C=O) groups is 3. The molecule has 4 rings (SSSR count). The molecule has 2 aliphatic rings. The molecule has 2 aromatic carbocycles. The van der Waals surface area contributed by atoms with Gasteiger partial charge in [0.05, 0.1) is 5.25 Å². The summed E-state index contributed by atoms with van der Waals surface area (Å²) in [6.07, 6.45) is 2.38. The van der Waals surface area contributed by atoms with Crippen LogP contribution < -0.4 is 10.2 Å². The fourth-order valence-corrected chi connectivity index (χ4v) is 3.88. The van der Waals surface area contributed by atoms with Crippen LogP contribution in [0.3, 0.4) is 0 Å². The lowest BCUT2D eigenvalue weighted by Gasteiger charge is -2.23. The van der Waals surface area contributed by atoms with Crippen LogP contribution in [0.4, 0.5) is 16.2 Å². The van der Waals surface area contributed by atoms with E-state index in [1.807, 2.05) is 54.6 Å². The van der Waals surface area contributed by atoms with Crippen molar-refractivity contribution in [3.8, 4) is 0 Å². The molecule has 1 atom stereocenters. The molecular formula is C20H18N2O3S. The van der Waals surface area contributed by atoms with Gasteiger partial charge in [-0.05, 0) is 49.1 Å². The molecule has 1 aliphatic carbocycles. The molecular weight excluding hydrogens is 348 g/mol. The van der Waals surface area contributed by atoms with E-state index >= 15 is 0 Å². The van der Waals surface area contributed by atoms with E-state index in [0.717, 1.165) is 41.5 Å². The summed E-state index contributed by atoms with van der Waals surface area (Å²) in [6.45, 7) is 0. The van der Waals surface area contributed by atoms with E-state index in [4.69, 9.17) is 0 Å². The van der Waals surface area contributed by atoms with Crippen LogP contribution in [-0.4, -0.2) is 22.3 Å². The van der Waals surface area contributed by atoms with Crippen LogP contribution in [0.5, 0.6) is 0 Å². The maximum absolute atomic E-state index is 12.8. The Bertz CT molecular complexity index is 847. The van der Waals surface area contributed by atoms with Crippen molar-refractivity contribution in [1.82, 2.24) is 5.32 Å². The van der Waals surface area contributed by atoms with Crippen LogP contribution in [0.2, 0.25) is 0 Å². The number of nitrogens with one attached hydrogen (secondary N) is 1. The SMILES string of the molecule is O=C1NC(=O)C(Cc2ccc(N(C(=O)C3CC3)c3ccccc3)cc2)S1. The van der Waals surface area contributed by atoms with Gasteiger partial charge in [0.1, 0.15) is 0 Å². The Labute approximate surface area is 155 Å².